The minimum absolute atomic E-state index is 0.175. The number of likely N-dealkylation sites (N-methyl/N-ethyl adjacent to an activating group) is 1. The fourth-order valence-electron chi connectivity index (χ4n) is 3.19. The van der Waals surface area contributed by atoms with E-state index in [1.54, 1.807) is 17.8 Å². The first-order valence-corrected chi connectivity index (χ1v) is 8.14. The summed E-state index contributed by atoms with van der Waals surface area (Å²) in [6.07, 6.45) is 4.72. The highest BCUT2D eigenvalue weighted by atomic mass is 16.3. The quantitative estimate of drug-likeness (QED) is 0.647. The van der Waals surface area contributed by atoms with Crippen LogP contribution in [0.25, 0.3) is 6.08 Å². The summed E-state index contributed by atoms with van der Waals surface area (Å²) in [6.45, 7) is 3.87. The Labute approximate surface area is 137 Å². The average molecular weight is 321 g/mol. The molecule has 6 heteroatoms. The highest BCUT2D eigenvalue weighted by molar-refractivity contribution is 5.92. The van der Waals surface area contributed by atoms with Crippen LogP contribution in [0.5, 0.6) is 0 Å². The maximum Gasteiger partial charge on any atom is 0.246 e. The van der Waals surface area contributed by atoms with Crippen LogP contribution in [0.3, 0.4) is 0 Å². The van der Waals surface area contributed by atoms with Gasteiger partial charge in [0.25, 0.3) is 0 Å². The zero-order valence-corrected chi connectivity index (χ0v) is 14.4. The Morgan fingerprint density at radius 3 is 2.57 bits per heavy atom. The Balaban J connectivity index is 2.11. The zero-order chi connectivity index (χ0) is 17.1. The molecule has 1 aromatic heterocycles. The lowest BCUT2D eigenvalue weighted by molar-refractivity contribution is -0.131. The monoisotopic (exact) mass is 321 g/mol. The number of amides is 1. The molecule has 1 aliphatic carbocycles. The molecule has 1 saturated carbocycles. The molecule has 0 radical (unpaired) electrons. The van der Waals surface area contributed by atoms with Crippen molar-refractivity contribution < 1.29 is 15.0 Å². The molecule has 1 heterocycles. The summed E-state index contributed by atoms with van der Waals surface area (Å²) < 4.78 is 1.79. The summed E-state index contributed by atoms with van der Waals surface area (Å²) in [5.74, 6) is -0.175. The van der Waals surface area contributed by atoms with Crippen LogP contribution in [-0.2, 0) is 11.8 Å². The van der Waals surface area contributed by atoms with E-state index in [9.17, 15) is 15.0 Å². The molecule has 2 N–H and O–H groups in total. The third-order valence-electron chi connectivity index (χ3n) is 4.84. The van der Waals surface area contributed by atoms with Crippen LogP contribution in [0, 0.1) is 13.8 Å². The number of carbonyl (C=O) groups excluding carboxylic acids is 1. The lowest BCUT2D eigenvalue weighted by atomic mass is 10.0. The van der Waals surface area contributed by atoms with Crippen LogP contribution < -0.4 is 0 Å². The summed E-state index contributed by atoms with van der Waals surface area (Å²) in [5.41, 5.74) is 2.82. The van der Waals surface area contributed by atoms with Gasteiger partial charge in [-0.25, -0.2) is 0 Å². The van der Waals surface area contributed by atoms with Gasteiger partial charge in [-0.05, 0) is 32.8 Å². The van der Waals surface area contributed by atoms with Crippen LogP contribution in [0.15, 0.2) is 6.08 Å². The van der Waals surface area contributed by atoms with Gasteiger partial charge in [0.1, 0.15) is 6.10 Å². The van der Waals surface area contributed by atoms with E-state index in [-0.39, 0.29) is 11.9 Å². The fourth-order valence-corrected chi connectivity index (χ4v) is 3.19. The minimum atomic E-state index is -0.887. The number of hydrogen-bond acceptors (Lipinski definition) is 4. The first kappa shape index (κ1) is 17.7. The van der Waals surface area contributed by atoms with E-state index in [4.69, 9.17) is 0 Å². The van der Waals surface area contributed by atoms with Crippen LogP contribution in [0.2, 0.25) is 0 Å². The number of aryl methyl sites for hydroxylation is 2. The molecule has 0 unspecified atom stereocenters. The molecule has 6 nitrogen and oxygen atoms in total. The third kappa shape index (κ3) is 3.82. The summed E-state index contributed by atoms with van der Waals surface area (Å²) in [7, 11) is 3.55. The normalized spacial score (nSPS) is 25.6. The van der Waals surface area contributed by atoms with Crippen molar-refractivity contribution in [3.05, 3.63) is 23.0 Å². The fraction of sp³-hybridized carbons (Fsp3) is 0.647. The van der Waals surface area contributed by atoms with Crippen LogP contribution in [0.4, 0.5) is 0 Å². The van der Waals surface area contributed by atoms with Gasteiger partial charge in [-0.2, -0.15) is 5.10 Å². The van der Waals surface area contributed by atoms with E-state index in [1.807, 2.05) is 20.9 Å². The molecular formula is C17H27N3O3. The van der Waals surface area contributed by atoms with Gasteiger partial charge in [0, 0.05) is 31.4 Å². The first-order valence-electron chi connectivity index (χ1n) is 8.14. The predicted octanol–water partition coefficient (Wildman–Crippen LogP) is 1.17. The molecule has 1 aromatic rings. The van der Waals surface area contributed by atoms with Gasteiger partial charge < -0.3 is 15.1 Å². The third-order valence-corrected chi connectivity index (χ3v) is 4.84. The van der Waals surface area contributed by atoms with Crippen LogP contribution in [-0.4, -0.2) is 56.1 Å². The van der Waals surface area contributed by atoms with E-state index in [0.717, 1.165) is 29.8 Å². The number of aliphatic hydroxyl groups excluding tert-OH is 2. The van der Waals surface area contributed by atoms with Crippen molar-refractivity contribution in [1.29, 1.82) is 0 Å². The van der Waals surface area contributed by atoms with Crippen molar-refractivity contribution in [2.45, 2.75) is 57.8 Å². The highest BCUT2D eigenvalue weighted by Crippen LogP contribution is 2.23. The molecule has 0 spiro atoms. The Morgan fingerprint density at radius 2 is 1.96 bits per heavy atom. The van der Waals surface area contributed by atoms with Crippen LogP contribution >= 0.6 is 0 Å². The second kappa shape index (κ2) is 7.27. The molecule has 128 valence electrons. The van der Waals surface area contributed by atoms with Gasteiger partial charge in [-0.15, -0.1) is 0 Å². The minimum Gasteiger partial charge on any atom is -0.390 e. The summed E-state index contributed by atoms with van der Waals surface area (Å²) in [6, 6.07) is -0.347. The lowest BCUT2D eigenvalue weighted by Crippen LogP contribution is -2.48. The van der Waals surface area contributed by atoms with E-state index in [1.165, 1.54) is 11.0 Å². The van der Waals surface area contributed by atoms with Gasteiger partial charge in [-0.3, -0.25) is 9.48 Å². The summed E-state index contributed by atoms with van der Waals surface area (Å²) in [5, 5.41) is 24.5. The highest BCUT2D eigenvalue weighted by Gasteiger charge is 2.32. The second-order valence-electron chi connectivity index (χ2n) is 6.40. The summed E-state index contributed by atoms with van der Waals surface area (Å²) in [4.78, 5) is 14.0. The molecule has 0 aliphatic heterocycles. The lowest BCUT2D eigenvalue weighted by Gasteiger charge is -2.31. The van der Waals surface area contributed by atoms with E-state index in [0.29, 0.717) is 12.8 Å². The van der Waals surface area contributed by atoms with Gasteiger partial charge in [0.05, 0.1) is 17.8 Å². The Morgan fingerprint density at radius 1 is 1.30 bits per heavy atom. The number of aromatic nitrogens is 2. The average Bonchev–Trinajstić information content (AvgIpc) is 2.65. The molecule has 23 heavy (non-hydrogen) atoms. The van der Waals surface area contributed by atoms with Crippen molar-refractivity contribution >= 4 is 12.0 Å². The van der Waals surface area contributed by atoms with Gasteiger partial charge in [0.15, 0.2) is 0 Å². The second-order valence-corrected chi connectivity index (χ2v) is 6.40. The Hall–Kier alpha value is -1.66. The first-order chi connectivity index (χ1) is 10.8. The maximum absolute atomic E-state index is 12.4. The topological polar surface area (TPSA) is 78.6 Å². The molecule has 3 atom stereocenters. The van der Waals surface area contributed by atoms with Gasteiger partial charge >= 0.3 is 0 Å². The largest absolute Gasteiger partial charge is 0.390 e. The number of nitrogens with zero attached hydrogens (tertiary/aromatic N) is 3. The van der Waals surface area contributed by atoms with Gasteiger partial charge in [-0.1, -0.05) is 12.8 Å². The standard InChI is InChI=1S/C17H27N3O3/c1-11-13(12(2)20(4)18-11)9-10-16(22)19(3)14-7-5-6-8-15(21)17(14)23/h9-10,14-15,17,21,23H,5-8H2,1-4H3/b10-9+/t14-,15-,17-/m1/s1. The maximum atomic E-state index is 12.4. The molecule has 0 saturated heterocycles. The number of aliphatic hydroxyl groups is 2. The Kier molecular flexibility index (Phi) is 5.59. The van der Waals surface area contributed by atoms with Crippen molar-refractivity contribution in [3.8, 4) is 0 Å². The van der Waals surface area contributed by atoms with E-state index < -0.39 is 12.2 Å². The molecule has 0 bridgehead atoms. The van der Waals surface area contributed by atoms with E-state index >= 15 is 0 Å². The van der Waals surface area contributed by atoms with Crippen molar-refractivity contribution in [2.24, 2.45) is 7.05 Å². The van der Waals surface area contributed by atoms with Crippen LogP contribution in [0.1, 0.15) is 42.6 Å². The Bertz CT molecular complexity index is 594. The van der Waals surface area contributed by atoms with Gasteiger partial charge in [0.2, 0.25) is 5.91 Å². The molecule has 1 fully saturated rings. The molecule has 2 rings (SSSR count). The SMILES string of the molecule is Cc1nn(C)c(C)c1/C=C/C(=O)N(C)[C@@H]1CCCC[C@@H](O)[C@@H]1O. The predicted molar refractivity (Wildman–Crippen MR) is 88.8 cm³/mol. The summed E-state index contributed by atoms with van der Waals surface area (Å²) >= 11 is 0. The van der Waals surface area contributed by atoms with Crippen molar-refractivity contribution in [2.75, 3.05) is 7.05 Å². The van der Waals surface area contributed by atoms with Crippen molar-refractivity contribution in [1.82, 2.24) is 14.7 Å². The molecule has 1 aliphatic rings. The van der Waals surface area contributed by atoms with Crippen molar-refractivity contribution in [3.63, 3.8) is 0 Å². The molecule has 0 aromatic carbocycles. The van der Waals surface area contributed by atoms with E-state index in [2.05, 4.69) is 5.10 Å². The number of hydrogen-bond donors (Lipinski definition) is 2. The molecular weight excluding hydrogens is 294 g/mol. The number of carbonyl (C=O) groups is 1. The number of rotatable bonds is 3. The smallest absolute Gasteiger partial charge is 0.246 e. The zero-order valence-electron chi connectivity index (χ0n) is 14.4. The molecule has 1 amide bonds.